The van der Waals surface area contributed by atoms with Crippen LogP contribution in [0.2, 0.25) is 0 Å². The number of hydrogen-bond donors (Lipinski definition) is 1. The molecule has 0 saturated heterocycles. The van der Waals surface area contributed by atoms with Crippen LogP contribution in [-0.2, 0) is 0 Å². The summed E-state index contributed by atoms with van der Waals surface area (Å²) in [6, 6.07) is 7.99. The van der Waals surface area contributed by atoms with Gasteiger partial charge in [0.15, 0.2) is 5.78 Å². The van der Waals surface area contributed by atoms with Crippen LogP contribution >= 0.6 is 0 Å². The average Bonchev–Trinajstić information content (AvgIpc) is 3.08. The zero-order chi connectivity index (χ0) is 18.8. The first-order chi connectivity index (χ1) is 12.5. The minimum absolute atomic E-state index is 0.0424. The summed E-state index contributed by atoms with van der Waals surface area (Å²) in [5, 5.41) is 12.0. The lowest BCUT2D eigenvalue weighted by atomic mass is 10.0. The molecule has 0 saturated carbocycles. The Kier molecular flexibility index (Phi) is 4.49. The molecule has 2 aromatic carbocycles. The molecule has 0 aliphatic carbocycles. The SMILES string of the molecule is COc1ccc2c(C(=O)c3cc(OC)c([N+](=O)[O-])c(OC)c3)c[nH]c2c1. The molecule has 1 aromatic heterocycles. The number of H-pyrrole nitrogens is 1. The fourth-order valence-electron chi connectivity index (χ4n) is 2.78. The van der Waals surface area contributed by atoms with Gasteiger partial charge in [0.25, 0.3) is 0 Å². The lowest BCUT2D eigenvalue weighted by molar-refractivity contribution is -0.386. The Bertz CT molecular complexity index is 983. The second kappa shape index (κ2) is 6.75. The van der Waals surface area contributed by atoms with Crippen molar-refractivity contribution in [1.82, 2.24) is 4.98 Å². The van der Waals surface area contributed by atoms with Crippen molar-refractivity contribution in [1.29, 1.82) is 0 Å². The molecule has 0 radical (unpaired) electrons. The molecule has 1 heterocycles. The maximum Gasteiger partial charge on any atom is 0.352 e. The van der Waals surface area contributed by atoms with Crippen LogP contribution in [0, 0.1) is 10.1 Å². The molecular weight excluding hydrogens is 340 g/mol. The molecular formula is C18H16N2O6. The van der Waals surface area contributed by atoms with Crippen molar-refractivity contribution in [2.75, 3.05) is 21.3 Å². The quantitative estimate of drug-likeness (QED) is 0.413. The molecule has 0 fully saturated rings. The van der Waals surface area contributed by atoms with Crippen molar-refractivity contribution >= 4 is 22.4 Å². The van der Waals surface area contributed by atoms with Crippen molar-refractivity contribution in [3.05, 3.63) is 57.8 Å². The molecule has 0 amide bonds. The van der Waals surface area contributed by atoms with Gasteiger partial charge in [-0.15, -0.1) is 0 Å². The lowest BCUT2D eigenvalue weighted by Crippen LogP contribution is -2.04. The smallest absolute Gasteiger partial charge is 0.352 e. The van der Waals surface area contributed by atoms with Crippen LogP contribution in [0.25, 0.3) is 10.9 Å². The summed E-state index contributed by atoms with van der Waals surface area (Å²) >= 11 is 0. The van der Waals surface area contributed by atoms with Gasteiger partial charge in [0, 0.05) is 34.3 Å². The fraction of sp³-hybridized carbons (Fsp3) is 0.167. The molecule has 8 nitrogen and oxygen atoms in total. The van der Waals surface area contributed by atoms with Gasteiger partial charge in [-0.3, -0.25) is 14.9 Å². The van der Waals surface area contributed by atoms with E-state index < -0.39 is 4.92 Å². The molecule has 26 heavy (non-hydrogen) atoms. The van der Waals surface area contributed by atoms with Crippen LogP contribution in [0.5, 0.6) is 17.2 Å². The van der Waals surface area contributed by atoms with Crippen LogP contribution in [0.3, 0.4) is 0 Å². The van der Waals surface area contributed by atoms with Gasteiger partial charge < -0.3 is 19.2 Å². The Morgan fingerprint density at radius 1 is 1.04 bits per heavy atom. The van der Waals surface area contributed by atoms with Gasteiger partial charge in [0.1, 0.15) is 5.75 Å². The number of nitrogens with one attached hydrogen (secondary N) is 1. The molecule has 8 heteroatoms. The maximum absolute atomic E-state index is 13.0. The van der Waals surface area contributed by atoms with E-state index in [2.05, 4.69) is 4.98 Å². The Morgan fingerprint density at radius 3 is 2.23 bits per heavy atom. The third-order valence-electron chi connectivity index (χ3n) is 4.06. The molecule has 3 aromatic rings. The van der Waals surface area contributed by atoms with Gasteiger partial charge in [0.05, 0.1) is 26.3 Å². The van der Waals surface area contributed by atoms with Crippen LogP contribution in [0.4, 0.5) is 5.69 Å². The van der Waals surface area contributed by atoms with Gasteiger partial charge >= 0.3 is 5.69 Å². The monoisotopic (exact) mass is 356 g/mol. The van der Waals surface area contributed by atoms with Crippen LogP contribution < -0.4 is 14.2 Å². The van der Waals surface area contributed by atoms with Gasteiger partial charge in [0.2, 0.25) is 11.5 Å². The number of ketones is 1. The highest BCUT2D eigenvalue weighted by molar-refractivity contribution is 6.16. The fourth-order valence-corrected chi connectivity index (χ4v) is 2.78. The number of nitrogens with zero attached hydrogens (tertiary/aromatic N) is 1. The molecule has 0 unspecified atom stereocenters. The Balaban J connectivity index is 2.12. The summed E-state index contributed by atoms with van der Waals surface area (Å²) in [6.07, 6.45) is 1.59. The van der Waals surface area contributed by atoms with E-state index in [1.165, 1.54) is 26.4 Å². The summed E-state index contributed by atoms with van der Waals surface area (Å²) in [5.74, 6) is 0.267. The zero-order valence-electron chi connectivity index (χ0n) is 14.4. The van der Waals surface area contributed by atoms with E-state index in [0.717, 1.165) is 5.52 Å². The summed E-state index contributed by atoms with van der Waals surface area (Å²) in [7, 11) is 4.16. The zero-order valence-corrected chi connectivity index (χ0v) is 14.4. The van der Waals surface area contributed by atoms with E-state index in [1.54, 1.807) is 31.5 Å². The van der Waals surface area contributed by atoms with Crippen LogP contribution in [-0.4, -0.2) is 37.0 Å². The number of hydrogen-bond acceptors (Lipinski definition) is 6. The molecule has 0 bridgehead atoms. The van der Waals surface area contributed by atoms with E-state index >= 15 is 0 Å². The van der Waals surface area contributed by atoms with E-state index in [4.69, 9.17) is 14.2 Å². The number of nitro groups is 1. The number of rotatable bonds is 6. The number of fused-ring (bicyclic) bond motifs is 1. The molecule has 1 N–H and O–H groups in total. The maximum atomic E-state index is 13.0. The summed E-state index contributed by atoms with van der Waals surface area (Å²) in [6.45, 7) is 0. The summed E-state index contributed by atoms with van der Waals surface area (Å²) in [5.41, 5.74) is 1.07. The van der Waals surface area contributed by atoms with E-state index in [0.29, 0.717) is 16.7 Å². The standard InChI is InChI=1S/C18H16N2O6/c1-24-11-4-5-12-13(9-19-14(12)8-11)18(21)10-6-15(25-2)17(20(22)23)16(7-10)26-3/h4-9,19H,1-3H3. The Hall–Kier alpha value is -3.55. The van der Waals surface area contributed by atoms with Crippen molar-refractivity contribution in [2.24, 2.45) is 0 Å². The number of nitro benzene ring substituents is 1. The van der Waals surface area contributed by atoms with E-state index in [1.807, 2.05) is 0 Å². The third kappa shape index (κ3) is 2.81. The third-order valence-corrected chi connectivity index (χ3v) is 4.06. The highest BCUT2D eigenvalue weighted by Crippen LogP contribution is 2.38. The number of ether oxygens (including phenoxy) is 3. The number of carbonyl (C=O) groups is 1. The number of methoxy groups -OCH3 is 3. The van der Waals surface area contributed by atoms with Gasteiger partial charge in [-0.05, 0) is 24.3 Å². The summed E-state index contributed by atoms with van der Waals surface area (Å²) in [4.78, 5) is 26.6. The normalized spacial score (nSPS) is 10.6. The number of aromatic nitrogens is 1. The largest absolute Gasteiger partial charge is 0.497 e. The Morgan fingerprint density at radius 2 is 1.69 bits per heavy atom. The van der Waals surface area contributed by atoms with Crippen molar-refractivity contribution in [3.63, 3.8) is 0 Å². The predicted octanol–water partition coefficient (Wildman–Crippen LogP) is 3.33. The van der Waals surface area contributed by atoms with Crippen molar-refractivity contribution in [3.8, 4) is 17.2 Å². The van der Waals surface area contributed by atoms with E-state index in [9.17, 15) is 14.9 Å². The predicted molar refractivity (Wildman–Crippen MR) is 94.5 cm³/mol. The topological polar surface area (TPSA) is 104 Å². The van der Waals surface area contributed by atoms with Crippen molar-refractivity contribution < 1.29 is 23.9 Å². The second-order valence-electron chi connectivity index (χ2n) is 5.43. The van der Waals surface area contributed by atoms with Gasteiger partial charge in [-0.1, -0.05) is 0 Å². The highest BCUT2D eigenvalue weighted by atomic mass is 16.6. The van der Waals surface area contributed by atoms with Crippen LogP contribution in [0.15, 0.2) is 36.5 Å². The first-order valence-electron chi connectivity index (χ1n) is 7.60. The molecule has 3 rings (SSSR count). The lowest BCUT2D eigenvalue weighted by Gasteiger charge is -2.09. The summed E-state index contributed by atoms with van der Waals surface area (Å²) < 4.78 is 15.3. The first-order valence-corrected chi connectivity index (χ1v) is 7.60. The number of benzene rings is 2. The highest BCUT2D eigenvalue weighted by Gasteiger charge is 2.26. The van der Waals surface area contributed by atoms with Crippen molar-refractivity contribution in [2.45, 2.75) is 0 Å². The molecule has 0 spiro atoms. The van der Waals surface area contributed by atoms with Gasteiger partial charge in [-0.2, -0.15) is 0 Å². The molecule has 0 aliphatic heterocycles. The molecule has 0 atom stereocenters. The van der Waals surface area contributed by atoms with E-state index in [-0.39, 0.29) is 28.5 Å². The first kappa shape index (κ1) is 17.3. The molecule has 0 aliphatic rings. The Labute approximate surface area is 148 Å². The average molecular weight is 356 g/mol. The molecule has 134 valence electrons. The minimum Gasteiger partial charge on any atom is -0.497 e. The number of aromatic amines is 1. The van der Waals surface area contributed by atoms with Crippen LogP contribution in [0.1, 0.15) is 15.9 Å². The minimum atomic E-state index is -0.607. The number of carbonyl (C=O) groups excluding carboxylic acids is 1. The van der Waals surface area contributed by atoms with Gasteiger partial charge in [-0.25, -0.2) is 0 Å². The second-order valence-corrected chi connectivity index (χ2v) is 5.43.